The number of aliphatic carboxylic acids is 4. The summed E-state index contributed by atoms with van der Waals surface area (Å²) in [6.07, 6.45) is -0.0259. The molecule has 0 heterocycles. The summed E-state index contributed by atoms with van der Waals surface area (Å²) < 4.78 is 0. The maximum Gasteiger partial charge on any atom is 0.382 e. The van der Waals surface area contributed by atoms with E-state index >= 15 is 0 Å². The lowest BCUT2D eigenvalue weighted by atomic mass is 10.3. The third-order valence-electron chi connectivity index (χ3n) is 0.936. The van der Waals surface area contributed by atoms with Crippen molar-refractivity contribution in [2.45, 2.75) is 12.8 Å². The topological polar surface area (TPSA) is 149 Å². The Morgan fingerprint density at radius 3 is 1.39 bits per heavy atom. The van der Waals surface area contributed by atoms with Gasteiger partial charge in [0.15, 0.2) is 0 Å². The van der Waals surface area contributed by atoms with E-state index in [0.717, 1.165) is 0 Å². The third-order valence-corrected chi connectivity index (χ3v) is 0.936. The molecule has 0 saturated heterocycles. The summed E-state index contributed by atoms with van der Waals surface area (Å²) in [5, 5.41) is 31.5. The van der Waals surface area contributed by atoms with E-state index < -0.39 is 23.9 Å². The Morgan fingerprint density at radius 1 is 0.722 bits per heavy atom. The smallest absolute Gasteiger partial charge is 0.382 e. The highest BCUT2D eigenvalue weighted by atomic mass is 16.4. The SMILES string of the molecule is O=C(O)C#CC(=O)O.O=C(O)C#CCCC(=O)O. The van der Waals surface area contributed by atoms with Gasteiger partial charge in [-0.3, -0.25) is 4.79 Å². The molecule has 8 heteroatoms. The van der Waals surface area contributed by atoms with Gasteiger partial charge in [0.2, 0.25) is 0 Å². The van der Waals surface area contributed by atoms with Gasteiger partial charge in [-0.25, -0.2) is 14.4 Å². The molecular weight excluding hydrogens is 248 g/mol. The Morgan fingerprint density at radius 2 is 1.11 bits per heavy atom. The first kappa shape index (κ1) is 17.4. The van der Waals surface area contributed by atoms with Gasteiger partial charge in [-0.05, 0) is 0 Å². The largest absolute Gasteiger partial charge is 0.481 e. The van der Waals surface area contributed by atoms with Crippen LogP contribution in [0.15, 0.2) is 0 Å². The molecule has 8 nitrogen and oxygen atoms in total. The molecule has 0 aliphatic carbocycles. The molecule has 0 unspecified atom stereocenters. The first-order valence-electron chi connectivity index (χ1n) is 4.17. The molecule has 0 bridgehead atoms. The van der Waals surface area contributed by atoms with Crippen LogP contribution >= 0.6 is 0 Å². The van der Waals surface area contributed by atoms with Crippen LogP contribution in [-0.4, -0.2) is 44.3 Å². The molecule has 96 valence electrons. The molecule has 18 heavy (non-hydrogen) atoms. The predicted octanol–water partition coefficient (Wildman–Crippen LogP) is -0.902. The summed E-state index contributed by atoms with van der Waals surface area (Å²) >= 11 is 0. The quantitative estimate of drug-likeness (QED) is 0.464. The predicted molar refractivity (Wildman–Crippen MR) is 55.3 cm³/mol. The lowest BCUT2D eigenvalue weighted by molar-refractivity contribution is -0.137. The van der Waals surface area contributed by atoms with Gasteiger partial charge in [0.05, 0.1) is 6.42 Å². The van der Waals surface area contributed by atoms with Gasteiger partial charge in [-0.2, -0.15) is 0 Å². The summed E-state index contributed by atoms with van der Waals surface area (Å²) in [6.45, 7) is 0. The fourth-order valence-electron chi connectivity index (χ4n) is 0.414. The Balaban J connectivity index is 0. The molecule has 4 N–H and O–H groups in total. The number of carbonyl (C=O) groups is 4. The molecule has 0 rings (SSSR count). The molecule has 0 saturated carbocycles. The maximum absolute atomic E-state index is 9.83. The Labute approximate surface area is 101 Å². The number of carboxylic acids is 4. The van der Waals surface area contributed by atoms with E-state index in [1.807, 2.05) is 0 Å². The minimum atomic E-state index is -1.44. The van der Waals surface area contributed by atoms with E-state index in [4.69, 9.17) is 20.4 Å². The third kappa shape index (κ3) is 23.1. The van der Waals surface area contributed by atoms with Crippen LogP contribution in [0.2, 0.25) is 0 Å². The molecule has 0 aliphatic heterocycles. The van der Waals surface area contributed by atoms with Crippen LogP contribution < -0.4 is 0 Å². The van der Waals surface area contributed by atoms with E-state index in [9.17, 15) is 19.2 Å². The minimum absolute atomic E-state index is 0.0850. The molecule has 0 spiro atoms. The van der Waals surface area contributed by atoms with Gasteiger partial charge < -0.3 is 20.4 Å². The lowest BCUT2D eigenvalue weighted by Crippen LogP contribution is -1.92. The summed E-state index contributed by atoms with van der Waals surface area (Å²) in [4.78, 5) is 38.5. The lowest BCUT2D eigenvalue weighted by Gasteiger charge is -1.81. The van der Waals surface area contributed by atoms with E-state index in [0.29, 0.717) is 0 Å². The normalized spacial score (nSPS) is 7.11. The number of carboxylic acid groups (broad SMARTS) is 4. The van der Waals surface area contributed by atoms with Crippen molar-refractivity contribution in [3.05, 3.63) is 0 Å². The van der Waals surface area contributed by atoms with Gasteiger partial charge in [0, 0.05) is 24.2 Å². The summed E-state index contributed by atoms with van der Waals surface area (Å²) in [6, 6.07) is 0. The van der Waals surface area contributed by atoms with Gasteiger partial charge in [0.1, 0.15) is 0 Å². The van der Waals surface area contributed by atoms with E-state index in [2.05, 4.69) is 5.92 Å². The van der Waals surface area contributed by atoms with Crippen molar-refractivity contribution in [1.82, 2.24) is 0 Å². The summed E-state index contributed by atoms with van der Waals surface area (Å²) in [5.41, 5.74) is 0. The average Bonchev–Trinajstić information content (AvgIpc) is 2.22. The highest BCUT2D eigenvalue weighted by Crippen LogP contribution is 1.84. The Hall–Kier alpha value is -3.00. The van der Waals surface area contributed by atoms with Crippen molar-refractivity contribution in [3.63, 3.8) is 0 Å². The van der Waals surface area contributed by atoms with E-state index in [1.54, 1.807) is 5.92 Å². The average molecular weight is 256 g/mol. The zero-order valence-electron chi connectivity index (χ0n) is 8.84. The van der Waals surface area contributed by atoms with Crippen LogP contribution in [0.25, 0.3) is 0 Å². The summed E-state index contributed by atoms with van der Waals surface area (Å²) in [7, 11) is 0. The summed E-state index contributed by atoms with van der Waals surface area (Å²) in [5.74, 6) is 1.74. The van der Waals surface area contributed by atoms with Gasteiger partial charge in [-0.15, -0.1) is 0 Å². The maximum atomic E-state index is 9.83. The number of hydrogen-bond donors (Lipinski definition) is 4. The van der Waals surface area contributed by atoms with Crippen molar-refractivity contribution < 1.29 is 39.6 Å². The Kier molecular flexibility index (Phi) is 10.2. The second-order valence-electron chi connectivity index (χ2n) is 2.36. The fraction of sp³-hybridized carbons (Fsp3) is 0.200. The first-order valence-corrected chi connectivity index (χ1v) is 4.17. The molecule has 0 atom stereocenters. The van der Waals surface area contributed by atoms with Crippen LogP contribution in [0, 0.1) is 23.7 Å². The fourth-order valence-corrected chi connectivity index (χ4v) is 0.414. The van der Waals surface area contributed by atoms with Crippen molar-refractivity contribution in [2.24, 2.45) is 0 Å². The van der Waals surface area contributed by atoms with Crippen LogP contribution in [0.3, 0.4) is 0 Å². The van der Waals surface area contributed by atoms with E-state index in [-0.39, 0.29) is 12.8 Å². The van der Waals surface area contributed by atoms with Crippen LogP contribution in [0.4, 0.5) is 0 Å². The van der Waals surface area contributed by atoms with Gasteiger partial charge in [0.25, 0.3) is 0 Å². The molecule has 0 aromatic carbocycles. The van der Waals surface area contributed by atoms with Gasteiger partial charge >= 0.3 is 23.9 Å². The standard InChI is InChI=1S/C6H6O4.C4H2O4/c7-5(8)3-1-2-4-6(9)10;5-3(6)1-2-4(7)8/h1,3H2,(H,7,8)(H,9,10);(H,5,6)(H,7,8). The zero-order chi connectivity index (χ0) is 14.6. The van der Waals surface area contributed by atoms with Crippen molar-refractivity contribution >= 4 is 23.9 Å². The molecule has 0 aromatic heterocycles. The minimum Gasteiger partial charge on any atom is -0.481 e. The van der Waals surface area contributed by atoms with Gasteiger partial charge in [-0.1, -0.05) is 5.92 Å². The van der Waals surface area contributed by atoms with Crippen LogP contribution in [0.1, 0.15) is 12.8 Å². The monoisotopic (exact) mass is 256 g/mol. The van der Waals surface area contributed by atoms with Crippen LogP contribution in [-0.2, 0) is 19.2 Å². The molecule has 0 aromatic rings. The highest BCUT2D eigenvalue weighted by Gasteiger charge is 1.91. The number of hydrogen-bond acceptors (Lipinski definition) is 4. The molecule has 0 aliphatic rings. The van der Waals surface area contributed by atoms with E-state index in [1.165, 1.54) is 11.8 Å². The molecule has 0 fully saturated rings. The Bertz CT molecular complexity index is 436. The highest BCUT2D eigenvalue weighted by molar-refractivity contribution is 5.96. The van der Waals surface area contributed by atoms with Crippen LogP contribution in [0.5, 0.6) is 0 Å². The first-order chi connectivity index (χ1) is 8.25. The molecule has 0 amide bonds. The zero-order valence-corrected chi connectivity index (χ0v) is 8.84. The molecular formula is C10H8O8. The second kappa shape index (κ2) is 10.5. The second-order valence-corrected chi connectivity index (χ2v) is 2.36. The molecule has 0 radical (unpaired) electrons. The number of rotatable bonds is 2. The van der Waals surface area contributed by atoms with Crippen molar-refractivity contribution in [2.75, 3.05) is 0 Å². The van der Waals surface area contributed by atoms with Crippen molar-refractivity contribution in [1.29, 1.82) is 0 Å². The van der Waals surface area contributed by atoms with Crippen molar-refractivity contribution in [3.8, 4) is 23.7 Å².